The van der Waals surface area contributed by atoms with Crippen molar-refractivity contribution >= 4 is 23.1 Å². The van der Waals surface area contributed by atoms with Gasteiger partial charge in [0, 0.05) is 18.2 Å². The maximum absolute atomic E-state index is 14.0. The smallest absolute Gasteiger partial charge is 0.260 e. The van der Waals surface area contributed by atoms with E-state index >= 15 is 0 Å². The number of aromatic nitrogens is 4. The summed E-state index contributed by atoms with van der Waals surface area (Å²) in [6.07, 6.45) is 2.99. The first-order valence-corrected chi connectivity index (χ1v) is 8.63. The number of carbonyl (C=O) groups excluding carboxylic acids is 1. The molecule has 0 aliphatic heterocycles. The van der Waals surface area contributed by atoms with Crippen molar-refractivity contribution in [1.82, 2.24) is 20.2 Å². The minimum absolute atomic E-state index is 0.338. The Kier molecular flexibility index (Phi) is 4.90. The highest BCUT2D eigenvalue weighted by Gasteiger charge is 2.25. The fraction of sp³-hybridized carbons (Fsp3) is 0.235. The lowest BCUT2D eigenvalue weighted by molar-refractivity contribution is 0.100. The monoisotopic (exact) mass is 372 g/mol. The molecule has 3 aromatic heterocycles. The summed E-state index contributed by atoms with van der Waals surface area (Å²) in [6.45, 7) is 4.22. The van der Waals surface area contributed by atoms with Crippen LogP contribution in [0.25, 0.3) is 10.7 Å². The summed E-state index contributed by atoms with van der Waals surface area (Å²) in [4.78, 5) is 19.8. The number of nitrogens with one attached hydrogen (secondary N) is 1. The highest BCUT2D eigenvalue weighted by Crippen LogP contribution is 2.25. The molecule has 26 heavy (non-hydrogen) atoms. The van der Waals surface area contributed by atoms with Crippen LogP contribution in [0.15, 0.2) is 36.7 Å². The molecule has 0 saturated heterocycles. The maximum atomic E-state index is 14.0. The number of nitrogens with zero attached hydrogens (tertiary/aromatic N) is 4. The SMILES string of the molecule is CC(C)(CNc1ccc(-c2ncc(C(N)=O)s2)nn1)c1ncccc1F. The van der Waals surface area contributed by atoms with Crippen LogP contribution in [0.2, 0.25) is 0 Å². The van der Waals surface area contributed by atoms with Crippen molar-refractivity contribution in [3.05, 3.63) is 53.0 Å². The summed E-state index contributed by atoms with van der Waals surface area (Å²) < 4.78 is 14.0. The predicted octanol–water partition coefficient (Wildman–Crippen LogP) is 2.62. The molecule has 1 amide bonds. The highest BCUT2D eigenvalue weighted by molar-refractivity contribution is 7.16. The third-order valence-electron chi connectivity index (χ3n) is 3.74. The molecule has 3 aromatic rings. The van der Waals surface area contributed by atoms with Crippen molar-refractivity contribution in [2.45, 2.75) is 19.3 Å². The quantitative estimate of drug-likeness (QED) is 0.689. The minimum Gasteiger partial charge on any atom is -0.368 e. The van der Waals surface area contributed by atoms with E-state index in [0.717, 1.165) is 11.3 Å². The number of thiazole rings is 1. The molecule has 0 spiro atoms. The van der Waals surface area contributed by atoms with Crippen molar-refractivity contribution in [2.24, 2.45) is 5.73 Å². The maximum Gasteiger partial charge on any atom is 0.260 e. The van der Waals surface area contributed by atoms with Crippen LogP contribution in [0.1, 0.15) is 29.2 Å². The summed E-state index contributed by atoms with van der Waals surface area (Å²) in [7, 11) is 0. The highest BCUT2D eigenvalue weighted by atomic mass is 32.1. The van der Waals surface area contributed by atoms with E-state index < -0.39 is 11.3 Å². The summed E-state index contributed by atoms with van der Waals surface area (Å²) in [5, 5.41) is 11.9. The number of hydrogen-bond donors (Lipinski definition) is 2. The second-order valence-corrected chi connectivity index (χ2v) is 7.30. The zero-order chi connectivity index (χ0) is 18.7. The number of hydrogen-bond acceptors (Lipinski definition) is 7. The third kappa shape index (κ3) is 3.83. The summed E-state index contributed by atoms with van der Waals surface area (Å²) in [6, 6.07) is 6.45. The molecule has 0 radical (unpaired) electrons. The molecular weight excluding hydrogens is 355 g/mol. The van der Waals surface area contributed by atoms with Gasteiger partial charge in [0.1, 0.15) is 27.2 Å². The van der Waals surface area contributed by atoms with E-state index in [-0.39, 0.29) is 5.82 Å². The standard InChI is InChI=1S/C17H17FN6OS/c1-17(2,14-10(18)4-3-7-20-14)9-22-13-6-5-11(23-24-13)16-21-8-12(26-16)15(19)25/h3-8H,9H2,1-2H3,(H2,19,25)(H,22,24). The summed E-state index contributed by atoms with van der Waals surface area (Å²) >= 11 is 1.16. The molecule has 0 aliphatic carbocycles. The molecule has 0 bridgehead atoms. The van der Waals surface area contributed by atoms with Gasteiger partial charge in [-0.05, 0) is 24.3 Å². The van der Waals surface area contributed by atoms with Gasteiger partial charge in [-0.25, -0.2) is 9.37 Å². The molecule has 3 rings (SSSR count). The van der Waals surface area contributed by atoms with Gasteiger partial charge in [-0.2, -0.15) is 0 Å². The number of amides is 1. The van der Waals surface area contributed by atoms with Crippen molar-refractivity contribution in [3.63, 3.8) is 0 Å². The molecule has 3 N–H and O–H groups in total. The zero-order valence-electron chi connectivity index (χ0n) is 14.2. The molecule has 0 unspecified atom stereocenters. The average Bonchev–Trinajstić information content (AvgIpc) is 3.11. The van der Waals surface area contributed by atoms with E-state index in [1.807, 2.05) is 13.8 Å². The second kappa shape index (κ2) is 7.12. The molecular formula is C17H17FN6OS. The topological polar surface area (TPSA) is 107 Å². The molecule has 9 heteroatoms. The van der Waals surface area contributed by atoms with Gasteiger partial charge < -0.3 is 11.1 Å². The van der Waals surface area contributed by atoms with Crippen molar-refractivity contribution in [2.75, 3.05) is 11.9 Å². The number of carbonyl (C=O) groups is 1. The Balaban J connectivity index is 1.69. The van der Waals surface area contributed by atoms with E-state index in [1.165, 1.54) is 12.3 Å². The first-order valence-electron chi connectivity index (χ1n) is 7.81. The van der Waals surface area contributed by atoms with Crippen LogP contribution >= 0.6 is 11.3 Å². The van der Waals surface area contributed by atoms with E-state index in [2.05, 4.69) is 25.5 Å². The Labute approximate surface area is 153 Å². The van der Waals surface area contributed by atoms with Crippen LogP contribution < -0.4 is 11.1 Å². The number of primary amides is 1. The van der Waals surface area contributed by atoms with E-state index in [0.29, 0.717) is 33.6 Å². The number of halogens is 1. The molecule has 0 atom stereocenters. The van der Waals surface area contributed by atoms with Gasteiger partial charge in [0.15, 0.2) is 0 Å². The van der Waals surface area contributed by atoms with Crippen molar-refractivity contribution < 1.29 is 9.18 Å². The molecule has 0 aromatic carbocycles. The van der Waals surface area contributed by atoms with E-state index in [9.17, 15) is 9.18 Å². The number of nitrogens with two attached hydrogens (primary N) is 1. The molecule has 0 aliphatic rings. The lowest BCUT2D eigenvalue weighted by Crippen LogP contribution is -2.30. The summed E-state index contributed by atoms with van der Waals surface area (Å²) in [5.41, 5.74) is 5.62. The molecule has 134 valence electrons. The van der Waals surface area contributed by atoms with Gasteiger partial charge in [0.2, 0.25) is 0 Å². The Morgan fingerprint density at radius 3 is 2.69 bits per heavy atom. The average molecular weight is 372 g/mol. The number of anilines is 1. The molecule has 7 nitrogen and oxygen atoms in total. The van der Waals surface area contributed by atoms with Crippen molar-refractivity contribution in [1.29, 1.82) is 0 Å². The van der Waals surface area contributed by atoms with Gasteiger partial charge >= 0.3 is 0 Å². The van der Waals surface area contributed by atoms with Gasteiger partial charge in [0.05, 0.1) is 11.9 Å². The third-order valence-corrected chi connectivity index (χ3v) is 4.78. The largest absolute Gasteiger partial charge is 0.368 e. The zero-order valence-corrected chi connectivity index (χ0v) is 15.0. The van der Waals surface area contributed by atoms with Gasteiger partial charge in [0.25, 0.3) is 5.91 Å². The number of pyridine rings is 1. The fourth-order valence-corrected chi connectivity index (χ4v) is 3.06. The predicted molar refractivity (Wildman–Crippen MR) is 97.4 cm³/mol. The van der Waals surface area contributed by atoms with Gasteiger partial charge in [-0.1, -0.05) is 13.8 Å². The first-order chi connectivity index (χ1) is 12.4. The van der Waals surface area contributed by atoms with Crippen molar-refractivity contribution in [3.8, 4) is 10.7 Å². The fourth-order valence-electron chi connectivity index (χ4n) is 2.33. The lowest BCUT2D eigenvalue weighted by Gasteiger charge is -2.24. The van der Waals surface area contributed by atoms with Crippen LogP contribution in [0, 0.1) is 5.82 Å². The van der Waals surface area contributed by atoms with E-state index in [4.69, 9.17) is 5.73 Å². The van der Waals surface area contributed by atoms with Crippen LogP contribution in [-0.4, -0.2) is 32.6 Å². The molecule has 3 heterocycles. The van der Waals surface area contributed by atoms with Gasteiger partial charge in [-0.15, -0.1) is 21.5 Å². The first kappa shape index (κ1) is 17.9. The Bertz CT molecular complexity index is 925. The Hall–Kier alpha value is -2.94. The van der Waals surface area contributed by atoms with Crippen LogP contribution in [0.4, 0.5) is 10.2 Å². The minimum atomic E-state index is -0.530. The van der Waals surface area contributed by atoms with Crippen LogP contribution in [0.5, 0.6) is 0 Å². The van der Waals surface area contributed by atoms with E-state index in [1.54, 1.807) is 24.4 Å². The Morgan fingerprint density at radius 1 is 1.27 bits per heavy atom. The van der Waals surface area contributed by atoms with Crippen LogP contribution in [-0.2, 0) is 5.41 Å². The van der Waals surface area contributed by atoms with Crippen LogP contribution in [0.3, 0.4) is 0 Å². The Morgan fingerprint density at radius 2 is 2.08 bits per heavy atom. The lowest BCUT2D eigenvalue weighted by atomic mass is 9.88. The molecule has 0 saturated carbocycles. The number of rotatable bonds is 6. The second-order valence-electron chi connectivity index (χ2n) is 6.27. The summed E-state index contributed by atoms with van der Waals surface area (Å²) in [5.74, 6) is -0.316. The normalized spacial score (nSPS) is 11.3. The molecule has 0 fully saturated rings. The van der Waals surface area contributed by atoms with Gasteiger partial charge in [-0.3, -0.25) is 9.78 Å².